The van der Waals surface area contributed by atoms with Crippen LogP contribution in [-0.4, -0.2) is 48.7 Å². The average molecular weight is 292 g/mol. The fraction of sp³-hybridized carbons (Fsp3) is 0.750. The number of ether oxygens (including phenoxy) is 4. The van der Waals surface area contributed by atoms with E-state index in [1.165, 1.54) is 6.92 Å². The van der Waals surface area contributed by atoms with Gasteiger partial charge in [0.2, 0.25) is 6.36 Å². The van der Waals surface area contributed by atoms with E-state index in [1.54, 1.807) is 0 Å². The molecule has 0 radical (unpaired) electrons. The Morgan fingerprint density at radius 3 is 1.70 bits per heavy atom. The van der Waals surface area contributed by atoms with E-state index in [-0.39, 0.29) is 0 Å². The second kappa shape index (κ2) is 6.65. The van der Waals surface area contributed by atoms with Gasteiger partial charge in [0.25, 0.3) is 0 Å². The predicted octanol–water partition coefficient (Wildman–Crippen LogP) is 0.496. The normalized spacial score (nSPS) is 33.1. The van der Waals surface area contributed by atoms with Gasteiger partial charge in [-0.1, -0.05) is 0 Å². The van der Waals surface area contributed by atoms with Gasteiger partial charge in [-0.3, -0.25) is 14.4 Å². The highest BCUT2D eigenvalue weighted by atomic mass is 19.1. The molecule has 0 amide bonds. The molecule has 0 aliphatic carbocycles. The molecule has 1 aliphatic rings. The van der Waals surface area contributed by atoms with Crippen molar-refractivity contribution >= 4 is 17.9 Å². The van der Waals surface area contributed by atoms with E-state index in [0.717, 1.165) is 20.8 Å². The summed E-state index contributed by atoms with van der Waals surface area (Å²) in [7, 11) is 0. The van der Waals surface area contributed by atoms with Crippen LogP contribution < -0.4 is 0 Å². The fourth-order valence-electron chi connectivity index (χ4n) is 1.96. The average Bonchev–Trinajstić information content (AvgIpc) is 2.27. The summed E-state index contributed by atoms with van der Waals surface area (Å²) in [5, 5.41) is 0. The van der Waals surface area contributed by atoms with E-state index in [2.05, 4.69) is 0 Å². The summed E-state index contributed by atoms with van der Waals surface area (Å²) in [6, 6.07) is 0. The van der Waals surface area contributed by atoms with E-state index in [4.69, 9.17) is 18.9 Å². The Morgan fingerprint density at radius 1 is 0.850 bits per heavy atom. The van der Waals surface area contributed by atoms with Crippen LogP contribution in [0.5, 0.6) is 0 Å². The van der Waals surface area contributed by atoms with Crippen LogP contribution in [0.2, 0.25) is 0 Å². The smallest absolute Gasteiger partial charge is 0.303 e. The Labute approximate surface area is 115 Å². The Balaban J connectivity index is 3.01. The van der Waals surface area contributed by atoms with Gasteiger partial charge in [0.05, 0.1) is 6.10 Å². The third kappa shape index (κ3) is 4.16. The molecule has 114 valence electrons. The maximum atomic E-state index is 13.8. The number of carbonyl (C=O) groups is 3. The van der Waals surface area contributed by atoms with Crippen LogP contribution in [-0.2, 0) is 33.3 Å². The lowest BCUT2D eigenvalue weighted by Gasteiger charge is -2.40. The Bertz CT molecular complexity index is 369. The number of rotatable bonds is 3. The molecule has 0 aromatic carbocycles. The first-order chi connectivity index (χ1) is 9.22. The molecular weight excluding hydrogens is 275 g/mol. The van der Waals surface area contributed by atoms with Gasteiger partial charge in [-0.05, 0) is 6.92 Å². The third-order valence-electron chi connectivity index (χ3n) is 2.62. The minimum Gasteiger partial charge on any atom is -0.456 e. The van der Waals surface area contributed by atoms with Crippen molar-refractivity contribution in [2.75, 3.05) is 0 Å². The van der Waals surface area contributed by atoms with Crippen LogP contribution >= 0.6 is 0 Å². The molecule has 20 heavy (non-hydrogen) atoms. The highest BCUT2D eigenvalue weighted by molar-refractivity contribution is 5.68. The second-order valence-electron chi connectivity index (χ2n) is 4.41. The van der Waals surface area contributed by atoms with Gasteiger partial charge in [-0.2, -0.15) is 0 Å². The van der Waals surface area contributed by atoms with E-state index < -0.39 is 48.7 Å². The Hall–Kier alpha value is -1.70. The first-order valence-electron chi connectivity index (χ1n) is 6.03. The fourth-order valence-corrected chi connectivity index (χ4v) is 1.96. The van der Waals surface area contributed by atoms with Gasteiger partial charge in [-0.15, -0.1) is 0 Å². The number of halogens is 1. The van der Waals surface area contributed by atoms with Crippen LogP contribution in [0.1, 0.15) is 27.7 Å². The highest BCUT2D eigenvalue weighted by Gasteiger charge is 2.50. The van der Waals surface area contributed by atoms with Crippen molar-refractivity contribution in [1.82, 2.24) is 0 Å². The maximum Gasteiger partial charge on any atom is 0.303 e. The third-order valence-corrected chi connectivity index (χ3v) is 2.62. The zero-order valence-corrected chi connectivity index (χ0v) is 11.6. The Morgan fingerprint density at radius 2 is 1.25 bits per heavy atom. The maximum absolute atomic E-state index is 13.8. The van der Waals surface area contributed by atoms with Crippen molar-refractivity contribution in [2.24, 2.45) is 0 Å². The van der Waals surface area contributed by atoms with E-state index in [9.17, 15) is 18.8 Å². The highest BCUT2D eigenvalue weighted by Crippen LogP contribution is 2.29. The molecule has 8 heteroatoms. The monoisotopic (exact) mass is 292 g/mol. The minimum atomic E-state index is -1.98. The first kappa shape index (κ1) is 16.4. The van der Waals surface area contributed by atoms with Gasteiger partial charge in [-0.25, -0.2) is 4.39 Å². The summed E-state index contributed by atoms with van der Waals surface area (Å²) in [6.07, 6.45) is -6.65. The summed E-state index contributed by atoms with van der Waals surface area (Å²) < 4.78 is 33.4. The molecule has 0 N–H and O–H groups in total. The van der Waals surface area contributed by atoms with Gasteiger partial charge in [0, 0.05) is 20.8 Å². The van der Waals surface area contributed by atoms with Gasteiger partial charge in [0.15, 0.2) is 18.3 Å². The molecule has 0 saturated carbocycles. The standard InChI is InChI=1S/C12H17FO7/c1-5-9(18-6(2)14)10(19-7(3)15)11(12(13)17-5)20-8(4)16/h5,9-12H,1-4H3/t5?,9-,10?,11?,12+/m0/s1. The van der Waals surface area contributed by atoms with Gasteiger partial charge in [0.1, 0.15) is 0 Å². The van der Waals surface area contributed by atoms with E-state index in [1.807, 2.05) is 0 Å². The van der Waals surface area contributed by atoms with Crippen molar-refractivity contribution < 1.29 is 37.7 Å². The topological polar surface area (TPSA) is 88.1 Å². The van der Waals surface area contributed by atoms with Crippen molar-refractivity contribution in [3.8, 4) is 0 Å². The molecule has 0 spiro atoms. The molecule has 1 fully saturated rings. The van der Waals surface area contributed by atoms with Crippen LogP contribution in [0.25, 0.3) is 0 Å². The molecule has 0 aromatic rings. The van der Waals surface area contributed by atoms with E-state index >= 15 is 0 Å². The number of hydrogen-bond acceptors (Lipinski definition) is 7. The zero-order chi connectivity index (χ0) is 15.4. The number of carbonyl (C=O) groups excluding carboxylic acids is 3. The molecule has 1 heterocycles. The predicted molar refractivity (Wildman–Crippen MR) is 62.1 cm³/mol. The number of alkyl halides is 1. The van der Waals surface area contributed by atoms with Crippen molar-refractivity contribution in [3.05, 3.63) is 0 Å². The lowest BCUT2D eigenvalue weighted by Crippen LogP contribution is -2.59. The molecule has 0 aromatic heterocycles. The lowest BCUT2D eigenvalue weighted by molar-refractivity contribution is -0.268. The lowest BCUT2D eigenvalue weighted by atomic mass is 9.99. The molecule has 1 aliphatic heterocycles. The van der Waals surface area contributed by atoms with Crippen molar-refractivity contribution in [1.29, 1.82) is 0 Å². The van der Waals surface area contributed by atoms with Crippen LogP contribution in [0.4, 0.5) is 4.39 Å². The SMILES string of the molecule is CC(=O)OC1C(OC(C)=O)[C@H](F)OC(C)[C@@H]1OC(C)=O. The van der Waals surface area contributed by atoms with Crippen molar-refractivity contribution in [3.63, 3.8) is 0 Å². The number of hydrogen-bond donors (Lipinski definition) is 0. The molecule has 1 saturated heterocycles. The summed E-state index contributed by atoms with van der Waals surface area (Å²) >= 11 is 0. The van der Waals surface area contributed by atoms with Crippen molar-refractivity contribution in [2.45, 2.75) is 58.5 Å². The number of esters is 3. The van der Waals surface area contributed by atoms with Crippen LogP contribution in [0.3, 0.4) is 0 Å². The largest absolute Gasteiger partial charge is 0.456 e. The minimum absolute atomic E-state index is 0.651. The molecule has 0 bridgehead atoms. The molecular formula is C12H17FO7. The molecule has 5 atom stereocenters. The first-order valence-corrected chi connectivity index (χ1v) is 6.03. The second-order valence-corrected chi connectivity index (χ2v) is 4.41. The quantitative estimate of drug-likeness (QED) is 0.552. The van der Waals surface area contributed by atoms with Gasteiger partial charge < -0.3 is 18.9 Å². The van der Waals surface area contributed by atoms with E-state index in [0.29, 0.717) is 0 Å². The Kier molecular flexibility index (Phi) is 5.43. The van der Waals surface area contributed by atoms with Gasteiger partial charge >= 0.3 is 17.9 Å². The molecule has 3 unspecified atom stereocenters. The van der Waals surface area contributed by atoms with Crippen LogP contribution in [0, 0.1) is 0 Å². The summed E-state index contributed by atoms with van der Waals surface area (Å²) in [5.41, 5.74) is 0. The zero-order valence-electron chi connectivity index (χ0n) is 11.6. The summed E-state index contributed by atoms with van der Waals surface area (Å²) in [6.45, 7) is 4.81. The summed E-state index contributed by atoms with van der Waals surface area (Å²) in [4.78, 5) is 33.2. The molecule has 1 rings (SSSR count). The van der Waals surface area contributed by atoms with Crippen LogP contribution in [0.15, 0.2) is 0 Å². The molecule has 7 nitrogen and oxygen atoms in total. The summed E-state index contributed by atoms with van der Waals surface area (Å²) in [5.74, 6) is -2.14.